The van der Waals surface area contributed by atoms with E-state index in [1.165, 1.54) is 0 Å². The summed E-state index contributed by atoms with van der Waals surface area (Å²) in [4.78, 5) is 11.6. The zero-order valence-electron chi connectivity index (χ0n) is 9.70. The number of aliphatic hydroxyl groups is 1. The highest BCUT2D eigenvalue weighted by Gasteiger charge is 2.13. The fourth-order valence-corrected chi connectivity index (χ4v) is 2.60. The third kappa shape index (κ3) is 3.59. The molecule has 0 aliphatic rings. The van der Waals surface area contributed by atoms with Gasteiger partial charge in [0.15, 0.2) is 10.8 Å². The van der Waals surface area contributed by atoms with Crippen LogP contribution in [0, 0.1) is 0 Å². The largest absolute Gasteiger partial charge is 0.390 e. The zero-order valence-corrected chi connectivity index (χ0v) is 11.3. The van der Waals surface area contributed by atoms with E-state index in [1.807, 2.05) is 0 Å². The Morgan fingerprint density at radius 2 is 2.29 bits per heavy atom. The van der Waals surface area contributed by atoms with Gasteiger partial charge in [-0.05, 0) is 26.3 Å². The molecule has 0 aliphatic carbocycles. The molecule has 2 aromatic heterocycles. The van der Waals surface area contributed by atoms with Crippen LogP contribution in [-0.4, -0.2) is 31.4 Å². The number of nitrogens with zero attached hydrogens (tertiary/aromatic N) is 2. The number of hydrogen-bond acceptors (Lipinski definition) is 4. The number of H-pyrrole nitrogens is 1. The summed E-state index contributed by atoms with van der Waals surface area (Å²) < 4.78 is 0. The number of rotatable bonds is 4. The van der Waals surface area contributed by atoms with E-state index in [2.05, 4.69) is 15.0 Å². The Morgan fingerprint density at radius 1 is 1.53 bits per heavy atom. The molecule has 0 unspecified atom stereocenters. The smallest absolute Gasteiger partial charge is 0.178 e. The van der Waals surface area contributed by atoms with E-state index in [0.29, 0.717) is 17.1 Å². The molecule has 2 aromatic rings. The SMILES string of the molecule is CC(C)(O)CCSc1nc2ncc(Cl)cc2[nH]1. The van der Waals surface area contributed by atoms with Crippen molar-refractivity contribution in [2.45, 2.75) is 31.0 Å². The maximum Gasteiger partial charge on any atom is 0.178 e. The first-order chi connectivity index (χ1) is 7.94. The standard InChI is InChI=1S/C11H14ClN3OS/c1-11(2,16)3-4-17-10-14-8-5-7(12)6-13-9(8)15-10/h5-6,16H,3-4H2,1-2H3,(H,13,14,15). The van der Waals surface area contributed by atoms with Crippen molar-refractivity contribution in [1.82, 2.24) is 15.0 Å². The third-order valence-corrected chi connectivity index (χ3v) is 3.32. The van der Waals surface area contributed by atoms with Gasteiger partial charge in [-0.15, -0.1) is 0 Å². The highest BCUT2D eigenvalue weighted by atomic mass is 35.5. The Kier molecular flexibility index (Phi) is 3.61. The van der Waals surface area contributed by atoms with Crippen LogP contribution >= 0.6 is 23.4 Å². The van der Waals surface area contributed by atoms with Crippen molar-refractivity contribution in [3.05, 3.63) is 17.3 Å². The van der Waals surface area contributed by atoms with Crippen molar-refractivity contribution >= 4 is 34.5 Å². The molecule has 2 heterocycles. The number of aromatic nitrogens is 3. The summed E-state index contributed by atoms with van der Waals surface area (Å²) in [7, 11) is 0. The van der Waals surface area contributed by atoms with Gasteiger partial charge >= 0.3 is 0 Å². The average Bonchev–Trinajstić information content (AvgIpc) is 2.57. The predicted molar refractivity (Wildman–Crippen MR) is 70.5 cm³/mol. The van der Waals surface area contributed by atoms with E-state index >= 15 is 0 Å². The van der Waals surface area contributed by atoms with Crippen molar-refractivity contribution in [2.24, 2.45) is 0 Å². The van der Waals surface area contributed by atoms with Crippen molar-refractivity contribution in [1.29, 1.82) is 0 Å². The van der Waals surface area contributed by atoms with Crippen LogP contribution in [0.5, 0.6) is 0 Å². The van der Waals surface area contributed by atoms with Gasteiger partial charge in [-0.25, -0.2) is 9.97 Å². The Balaban J connectivity index is 2.05. The molecule has 0 aromatic carbocycles. The lowest BCUT2D eigenvalue weighted by atomic mass is 10.1. The number of hydrogen-bond donors (Lipinski definition) is 2. The number of thioether (sulfide) groups is 1. The molecule has 17 heavy (non-hydrogen) atoms. The van der Waals surface area contributed by atoms with E-state index in [1.54, 1.807) is 37.9 Å². The van der Waals surface area contributed by atoms with E-state index in [0.717, 1.165) is 16.4 Å². The lowest BCUT2D eigenvalue weighted by Crippen LogP contribution is -2.19. The van der Waals surface area contributed by atoms with Crippen LogP contribution in [0.4, 0.5) is 0 Å². The molecule has 6 heteroatoms. The minimum absolute atomic E-state index is 0.592. The quantitative estimate of drug-likeness (QED) is 0.840. The Labute approximate surface area is 109 Å². The van der Waals surface area contributed by atoms with Gasteiger partial charge in [-0.1, -0.05) is 23.4 Å². The minimum Gasteiger partial charge on any atom is -0.390 e. The van der Waals surface area contributed by atoms with Crippen LogP contribution in [0.15, 0.2) is 17.4 Å². The molecule has 0 amide bonds. The average molecular weight is 272 g/mol. The molecule has 0 saturated heterocycles. The van der Waals surface area contributed by atoms with Crippen LogP contribution in [0.3, 0.4) is 0 Å². The zero-order chi connectivity index (χ0) is 12.5. The number of imidazole rings is 1. The summed E-state index contributed by atoms with van der Waals surface area (Å²) in [6, 6.07) is 1.80. The summed E-state index contributed by atoms with van der Waals surface area (Å²) in [6.07, 6.45) is 2.29. The van der Waals surface area contributed by atoms with Crippen molar-refractivity contribution in [2.75, 3.05) is 5.75 Å². The maximum absolute atomic E-state index is 9.60. The fourth-order valence-electron chi connectivity index (χ4n) is 1.32. The lowest BCUT2D eigenvalue weighted by Gasteiger charge is -2.15. The van der Waals surface area contributed by atoms with Crippen molar-refractivity contribution in [3.8, 4) is 0 Å². The summed E-state index contributed by atoms with van der Waals surface area (Å²) in [5, 5.41) is 11.0. The van der Waals surface area contributed by atoms with Crippen molar-refractivity contribution < 1.29 is 5.11 Å². The first-order valence-electron chi connectivity index (χ1n) is 5.30. The van der Waals surface area contributed by atoms with Gasteiger partial charge in [-0.2, -0.15) is 0 Å². The normalized spacial score (nSPS) is 12.2. The first-order valence-corrected chi connectivity index (χ1v) is 6.67. The van der Waals surface area contributed by atoms with Gasteiger partial charge in [0.25, 0.3) is 0 Å². The molecular weight excluding hydrogens is 258 g/mol. The molecule has 0 saturated carbocycles. The third-order valence-electron chi connectivity index (χ3n) is 2.23. The van der Waals surface area contributed by atoms with Crippen LogP contribution in [-0.2, 0) is 0 Å². The molecule has 0 radical (unpaired) electrons. The van der Waals surface area contributed by atoms with Gasteiger partial charge in [0, 0.05) is 11.9 Å². The number of halogens is 1. The highest BCUT2D eigenvalue weighted by molar-refractivity contribution is 7.99. The van der Waals surface area contributed by atoms with E-state index < -0.39 is 5.60 Å². The van der Waals surface area contributed by atoms with Gasteiger partial charge in [0.05, 0.1) is 16.1 Å². The van der Waals surface area contributed by atoms with Gasteiger partial charge in [-0.3, -0.25) is 0 Å². The second kappa shape index (κ2) is 4.84. The van der Waals surface area contributed by atoms with Crippen molar-refractivity contribution in [3.63, 3.8) is 0 Å². The van der Waals surface area contributed by atoms with Gasteiger partial charge in [0.2, 0.25) is 0 Å². The molecule has 92 valence electrons. The summed E-state index contributed by atoms with van der Waals surface area (Å²) in [5.41, 5.74) is 0.865. The fraction of sp³-hybridized carbons (Fsp3) is 0.455. The molecule has 0 fully saturated rings. The topological polar surface area (TPSA) is 61.8 Å². The van der Waals surface area contributed by atoms with Crippen LogP contribution in [0.1, 0.15) is 20.3 Å². The number of fused-ring (bicyclic) bond motifs is 1. The molecule has 2 rings (SSSR count). The second-order valence-corrected chi connectivity index (χ2v) is 6.00. The predicted octanol–water partition coefficient (Wildman–Crippen LogP) is 2.86. The van der Waals surface area contributed by atoms with Gasteiger partial charge in [0.1, 0.15) is 0 Å². The Hall–Kier alpha value is -0.780. The molecule has 0 bridgehead atoms. The van der Waals surface area contributed by atoms with E-state index in [-0.39, 0.29) is 0 Å². The van der Waals surface area contributed by atoms with Crippen LogP contribution in [0.25, 0.3) is 11.2 Å². The molecule has 2 N–H and O–H groups in total. The van der Waals surface area contributed by atoms with E-state index in [4.69, 9.17) is 11.6 Å². The van der Waals surface area contributed by atoms with Crippen LogP contribution in [0.2, 0.25) is 5.02 Å². The molecule has 0 atom stereocenters. The second-order valence-electron chi connectivity index (χ2n) is 4.48. The molecular formula is C11H14ClN3OS. The number of nitrogens with one attached hydrogen (secondary N) is 1. The maximum atomic E-state index is 9.60. The van der Waals surface area contributed by atoms with Crippen LogP contribution < -0.4 is 0 Å². The number of aromatic amines is 1. The monoisotopic (exact) mass is 271 g/mol. The molecule has 0 aliphatic heterocycles. The Bertz CT molecular complexity index is 521. The first kappa shape index (κ1) is 12.7. The highest BCUT2D eigenvalue weighted by Crippen LogP contribution is 2.22. The summed E-state index contributed by atoms with van der Waals surface area (Å²) >= 11 is 7.41. The number of pyridine rings is 1. The van der Waals surface area contributed by atoms with Gasteiger partial charge < -0.3 is 10.1 Å². The molecule has 4 nitrogen and oxygen atoms in total. The summed E-state index contributed by atoms with van der Waals surface area (Å²) in [6.45, 7) is 3.60. The summed E-state index contributed by atoms with van der Waals surface area (Å²) in [5.74, 6) is 0.803. The minimum atomic E-state index is -0.638. The Morgan fingerprint density at radius 3 is 3.00 bits per heavy atom. The van der Waals surface area contributed by atoms with E-state index in [9.17, 15) is 5.11 Å². The molecule has 0 spiro atoms. The lowest BCUT2D eigenvalue weighted by molar-refractivity contribution is 0.0777.